The number of rotatable bonds is 5. The summed E-state index contributed by atoms with van der Waals surface area (Å²) >= 11 is 5.68. The van der Waals surface area contributed by atoms with Gasteiger partial charge in [-0.15, -0.1) is 0 Å². The van der Waals surface area contributed by atoms with Crippen molar-refractivity contribution >= 4 is 17.6 Å². The van der Waals surface area contributed by atoms with E-state index in [0.29, 0.717) is 0 Å². The molecule has 0 fully saturated rings. The second-order valence-corrected chi connectivity index (χ2v) is 5.02. The second-order valence-electron chi connectivity index (χ2n) is 4.61. The molecule has 106 valence electrons. The van der Waals surface area contributed by atoms with E-state index in [-0.39, 0.29) is 23.1 Å². The summed E-state index contributed by atoms with van der Waals surface area (Å²) < 4.78 is 18.8. The van der Waals surface area contributed by atoms with Crippen LogP contribution in [0, 0.1) is 17.7 Å². The molecule has 0 amide bonds. The number of aliphatic hydroxyl groups is 1. The van der Waals surface area contributed by atoms with E-state index >= 15 is 0 Å². The van der Waals surface area contributed by atoms with Crippen LogP contribution in [0.4, 0.5) is 4.39 Å². The van der Waals surface area contributed by atoms with Gasteiger partial charge in [-0.2, -0.15) is 0 Å². The number of benzene rings is 1. The van der Waals surface area contributed by atoms with E-state index in [1.807, 2.05) is 0 Å². The first-order valence-corrected chi connectivity index (χ1v) is 6.56. The summed E-state index contributed by atoms with van der Waals surface area (Å²) in [7, 11) is 0. The smallest absolute Gasteiger partial charge is 0.312 e. The Hall–Kier alpha value is -1.13. The maximum Gasteiger partial charge on any atom is 0.312 e. The zero-order valence-electron chi connectivity index (χ0n) is 11.2. The predicted molar refractivity (Wildman–Crippen MR) is 71.3 cm³/mol. The van der Waals surface area contributed by atoms with Gasteiger partial charge in [-0.25, -0.2) is 4.39 Å². The van der Waals surface area contributed by atoms with Crippen molar-refractivity contribution < 1.29 is 19.0 Å². The van der Waals surface area contributed by atoms with Crippen LogP contribution >= 0.6 is 11.6 Å². The molecule has 0 saturated carbocycles. The lowest BCUT2D eigenvalue weighted by molar-refractivity contribution is -0.154. The molecule has 1 aromatic carbocycles. The number of carbonyl (C=O) groups excluding carboxylic acids is 1. The van der Waals surface area contributed by atoms with Crippen LogP contribution in [0.2, 0.25) is 5.02 Å². The Morgan fingerprint density at radius 1 is 1.47 bits per heavy atom. The maximum absolute atomic E-state index is 13.9. The van der Waals surface area contributed by atoms with E-state index in [2.05, 4.69) is 0 Å². The number of esters is 1. The van der Waals surface area contributed by atoms with E-state index in [4.69, 9.17) is 16.3 Å². The molecule has 1 aromatic rings. The van der Waals surface area contributed by atoms with Crippen molar-refractivity contribution in [3.8, 4) is 0 Å². The summed E-state index contributed by atoms with van der Waals surface area (Å²) in [5.41, 5.74) is 0.0132. The molecule has 0 aromatic heterocycles. The van der Waals surface area contributed by atoms with Crippen LogP contribution in [-0.2, 0) is 9.53 Å². The monoisotopic (exact) mass is 288 g/mol. The highest BCUT2D eigenvalue weighted by Gasteiger charge is 2.33. The van der Waals surface area contributed by atoms with Crippen molar-refractivity contribution in [1.29, 1.82) is 0 Å². The first kappa shape index (κ1) is 15.9. The molecule has 0 saturated heterocycles. The van der Waals surface area contributed by atoms with Crippen LogP contribution in [0.15, 0.2) is 18.2 Å². The highest BCUT2D eigenvalue weighted by molar-refractivity contribution is 6.30. The first-order chi connectivity index (χ1) is 8.90. The third-order valence-corrected chi connectivity index (χ3v) is 3.21. The van der Waals surface area contributed by atoms with E-state index in [1.54, 1.807) is 20.8 Å². The largest absolute Gasteiger partial charge is 0.466 e. The van der Waals surface area contributed by atoms with Gasteiger partial charge in [-0.3, -0.25) is 4.79 Å². The molecule has 1 rings (SSSR count). The second kappa shape index (κ2) is 6.87. The van der Waals surface area contributed by atoms with Gasteiger partial charge in [0, 0.05) is 5.56 Å². The lowest BCUT2D eigenvalue weighted by Gasteiger charge is -2.25. The standard InChI is InChI=1S/C14H18ClFO3/c1-4-19-14(18)11(8(2)3)13(17)9-6-5-7-10(15)12(9)16/h5-8,11,13,17H,4H2,1-3H3. The Labute approximate surface area is 117 Å². The van der Waals surface area contributed by atoms with Crippen LogP contribution in [0.1, 0.15) is 32.4 Å². The summed E-state index contributed by atoms with van der Waals surface area (Å²) in [6.07, 6.45) is -1.28. The Kier molecular flexibility index (Phi) is 5.76. The molecule has 0 aliphatic heterocycles. The molecule has 19 heavy (non-hydrogen) atoms. The predicted octanol–water partition coefficient (Wildman–Crippen LogP) is 3.35. The summed E-state index contributed by atoms with van der Waals surface area (Å²) in [4.78, 5) is 11.9. The Bertz CT molecular complexity index is 448. The third kappa shape index (κ3) is 3.67. The molecule has 3 nitrogen and oxygen atoms in total. The van der Waals surface area contributed by atoms with E-state index in [1.165, 1.54) is 18.2 Å². The number of ether oxygens (including phenoxy) is 1. The lowest BCUT2D eigenvalue weighted by Crippen LogP contribution is -2.29. The SMILES string of the molecule is CCOC(=O)C(C(C)C)C(O)c1cccc(Cl)c1F. The summed E-state index contributed by atoms with van der Waals surface area (Å²) in [6.45, 7) is 5.44. The summed E-state index contributed by atoms with van der Waals surface area (Å²) in [6, 6.07) is 4.34. The van der Waals surface area contributed by atoms with Crippen molar-refractivity contribution in [2.24, 2.45) is 11.8 Å². The van der Waals surface area contributed by atoms with E-state index in [0.717, 1.165) is 0 Å². The van der Waals surface area contributed by atoms with Gasteiger partial charge in [0.15, 0.2) is 0 Å². The fourth-order valence-electron chi connectivity index (χ4n) is 1.95. The van der Waals surface area contributed by atoms with Gasteiger partial charge in [0.05, 0.1) is 23.7 Å². The molecule has 2 unspecified atom stereocenters. The third-order valence-electron chi connectivity index (χ3n) is 2.92. The maximum atomic E-state index is 13.9. The average Bonchev–Trinajstić information content (AvgIpc) is 2.32. The zero-order chi connectivity index (χ0) is 14.6. The van der Waals surface area contributed by atoms with Crippen LogP contribution in [0.3, 0.4) is 0 Å². The van der Waals surface area contributed by atoms with Crippen molar-refractivity contribution in [2.75, 3.05) is 6.61 Å². The number of hydrogen-bond donors (Lipinski definition) is 1. The Morgan fingerprint density at radius 3 is 2.63 bits per heavy atom. The number of halogens is 2. The summed E-state index contributed by atoms with van der Waals surface area (Å²) in [5.74, 6) is -2.25. The molecule has 0 spiro atoms. The van der Waals surface area contributed by atoms with Gasteiger partial charge in [0.1, 0.15) is 5.82 Å². The van der Waals surface area contributed by atoms with Crippen molar-refractivity contribution in [2.45, 2.75) is 26.9 Å². The lowest BCUT2D eigenvalue weighted by atomic mass is 9.86. The fraction of sp³-hybridized carbons (Fsp3) is 0.500. The highest BCUT2D eigenvalue weighted by atomic mass is 35.5. The minimum atomic E-state index is -1.28. The molecule has 5 heteroatoms. The molecule has 0 heterocycles. The van der Waals surface area contributed by atoms with Gasteiger partial charge < -0.3 is 9.84 Å². The molecular weight excluding hydrogens is 271 g/mol. The number of hydrogen-bond acceptors (Lipinski definition) is 3. The Morgan fingerprint density at radius 2 is 2.11 bits per heavy atom. The van der Waals surface area contributed by atoms with Gasteiger partial charge in [-0.05, 0) is 18.9 Å². The van der Waals surface area contributed by atoms with Crippen LogP contribution in [0.5, 0.6) is 0 Å². The Balaban J connectivity index is 3.09. The molecule has 0 bridgehead atoms. The minimum absolute atomic E-state index is 0.0132. The fourth-order valence-corrected chi connectivity index (χ4v) is 2.13. The van der Waals surface area contributed by atoms with E-state index < -0.39 is 23.8 Å². The number of carbonyl (C=O) groups is 1. The van der Waals surface area contributed by atoms with E-state index in [9.17, 15) is 14.3 Å². The topological polar surface area (TPSA) is 46.5 Å². The molecule has 0 aliphatic carbocycles. The van der Waals surface area contributed by atoms with Gasteiger partial charge in [0.2, 0.25) is 0 Å². The van der Waals surface area contributed by atoms with Crippen molar-refractivity contribution in [1.82, 2.24) is 0 Å². The quantitative estimate of drug-likeness (QED) is 0.845. The zero-order valence-corrected chi connectivity index (χ0v) is 11.9. The van der Waals surface area contributed by atoms with Crippen LogP contribution in [0.25, 0.3) is 0 Å². The van der Waals surface area contributed by atoms with Crippen LogP contribution < -0.4 is 0 Å². The normalized spacial score (nSPS) is 14.3. The molecular formula is C14H18ClFO3. The van der Waals surface area contributed by atoms with Crippen LogP contribution in [-0.4, -0.2) is 17.7 Å². The summed E-state index contributed by atoms with van der Waals surface area (Å²) in [5, 5.41) is 10.2. The molecule has 0 radical (unpaired) electrons. The van der Waals surface area contributed by atoms with Crippen molar-refractivity contribution in [3.05, 3.63) is 34.6 Å². The van der Waals surface area contributed by atoms with Gasteiger partial charge >= 0.3 is 5.97 Å². The molecule has 2 atom stereocenters. The number of aliphatic hydroxyl groups excluding tert-OH is 1. The first-order valence-electron chi connectivity index (χ1n) is 6.18. The average molecular weight is 289 g/mol. The molecule has 0 aliphatic rings. The highest BCUT2D eigenvalue weighted by Crippen LogP contribution is 2.32. The van der Waals surface area contributed by atoms with Gasteiger partial charge in [0.25, 0.3) is 0 Å². The van der Waals surface area contributed by atoms with Crippen molar-refractivity contribution in [3.63, 3.8) is 0 Å². The molecule has 1 N–H and O–H groups in total. The van der Waals surface area contributed by atoms with Gasteiger partial charge in [-0.1, -0.05) is 37.6 Å². The minimum Gasteiger partial charge on any atom is -0.466 e.